The van der Waals surface area contributed by atoms with Gasteiger partial charge in [0, 0.05) is 0 Å². The molecule has 4 heteroatoms. The number of carboxylic acids is 2. The smallest absolute Gasteiger partial charge is 0.318 e. The molecule has 0 aromatic carbocycles. The van der Waals surface area contributed by atoms with Crippen molar-refractivity contribution in [3.8, 4) is 0 Å². The topological polar surface area (TPSA) is 74.6 Å². The summed E-state index contributed by atoms with van der Waals surface area (Å²) in [4.78, 5) is 22.3. The molecule has 0 aromatic heterocycles. The monoisotopic (exact) mass is 272 g/mol. The average molecular weight is 272 g/mol. The average Bonchev–Trinajstić information content (AvgIpc) is 2.32. The highest BCUT2D eigenvalue weighted by Crippen LogP contribution is 2.29. The van der Waals surface area contributed by atoms with Gasteiger partial charge in [0.05, 0.1) is 0 Å². The molecule has 19 heavy (non-hydrogen) atoms. The molecule has 0 aliphatic rings. The van der Waals surface area contributed by atoms with Crippen molar-refractivity contribution < 1.29 is 19.8 Å². The fraction of sp³-hybridized carbons (Fsp3) is 0.867. The van der Waals surface area contributed by atoms with Gasteiger partial charge in [0.15, 0.2) is 5.92 Å². The van der Waals surface area contributed by atoms with Crippen molar-refractivity contribution in [2.24, 2.45) is 17.8 Å². The summed E-state index contributed by atoms with van der Waals surface area (Å²) in [5.74, 6) is -3.51. The van der Waals surface area contributed by atoms with Crippen LogP contribution in [0.25, 0.3) is 0 Å². The predicted octanol–water partition coefficient (Wildman–Crippen LogP) is 3.79. The summed E-state index contributed by atoms with van der Waals surface area (Å²) in [6, 6.07) is 0. The minimum atomic E-state index is -1.25. The summed E-state index contributed by atoms with van der Waals surface area (Å²) in [7, 11) is 0. The van der Waals surface area contributed by atoms with Gasteiger partial charge in [-0.2, -0.15) is 0 Å². The minimum Gasteiger partial charge on any atom is -0.481 e. The quantitative estimate of drug-likeness (QED) is 0.561. The largest absolute Gasteiger partial charge is 0.481 e. The summed E-state index contributed by atoms with van der Waals surface area (Å²) in [6.07, 6.45) is 6.52. The SMILES string of the molecule is CCCCC(C)CC(CCCC)C(C(=O)O)C(=O)O. The van der Waals surface area contributed by atoms with Gasteiger partial charge in [0.1, 0.15) is 0 Å². The molecule has 0 heterocycles. The molecular formula is C15H28O4. The predicted molar refractivity (Wildman–Crippen MR) is 75.1 cm³/mol. The van der Waals surface area contributed by atoms with Gasteiger partial charge < -0.3 is 10.2 Å². The third kappa shape index (κ3) is 7.19. The van der Waals surface area contributed by atoms with Crippen LogP contribution in [-0.4, -0.2) is 22.2 Å². The second-order valence-corrected chi connectivity index (χ2v) is 5.54. The maximum absolute atomic E-state index is 11.2. The second-order valence-electron chi connectivity index (χ2n) is 5.54. The molecule has 2 atom stereocenters. The van der Waals surface area contributed by atoms with Crippen LogP contribution in [0.4, 0.5) is 0 Å². The summed E-state index contributed by atoms with van der Waals surface area (Å²) in [6.45, 7) is 6.25. The highest BCUT2D eigenvalue weighted by atomic mass is 16.4. The van der Waals surface area contributed by atoms with Crippen LogP contribution in [0.2, 0.25) is 0 Å². The van der Waals surface area contributed by atoms with E-state index in [9.17, 15) is 9.59 Å². The molecule has 0 bridgehead atoms. The molecule has 0 aliphatic carbocycles. The molecule has 0 aromatic rings. The van der Waals surface area contributed by atoms with E-state index < -0.39 is 17.9 Å². The first-order valence-corrected chi connectivity index (χ1v) is 7.39. The van der Waals surface area contributed by atoms with Crippen LogP contribution in [0.3, 0.4) is 0 Å². The maximum atomic E-state index is 11.2. The van der Waals surface area contributed by atoms with E-state index >= 15 is 0 Å². The molecule has 4 nitrogen and oxygen atoms in total. The van der Waals surface area contributed by atoms with E-state index in [0.29, 0.717) is 18.8 Å². The fourth-order valence-electron chi connectivity index (χ4n) is 2.58. The Hall–Kier alpha value is -1.06. The third-order valence-corrected chi connectivity index (χ3v) is 3.69. The molecule has 0 rings (SSSR count). The zero-order valence-electron chi connectivity index (χ0n) is 12.4. The Kier molecular flexibility index (Phi) is 9.27. The number of aliphatic carboxylic acids is 2. The Balaban J connectivity index is 4.67. The lowest BCUT2D eigenvalue weighted by Crippen LogP contribution is -2.32. The Morgan fingerprint density at radius 1 is 0.947 bits per heavy atom. The van der Waals surface area contributed by atoms with Crippen LogP contribution < -0.4 is 0 Å². The van der Waals surface area contributed by atoms with Gasteiger partial charge in [-0.3, -0.25) is 9.59 Å². The van der Waals surface area contributed by atoms with E-state index in [1.165, 1.54) is 0 Å². The van der Waals surface area contributed by atoms with Gasteiger partial charge in [-0.15, -0.1) is 0 Å². The Morgan fingerprint density at radius 2 is 1.42 bits per heavy atom. The lowest BCUT2D eigenvalue weighted by molar-refractivity contribution is -0.157. The summed E-state index contributed by atoms with van der Waals surface area (Å²) in [5.41, 5.74) is 0. The number of unbranched alkanes of at least 4 members (excludes halogenated alkanes) is 2. The summed E-state index contributed by atoms with van der Waals surface area (Å²) in [5, 5.41) is 18.2. The number of carbonyl (C=O) groups is 2. The molecule has 0 saturated heterocycles. The highest BCUT2D eigenvalue weighted by Gasteiger charge is 2.34. The third-order valence-electron chi connectivity index (χ3n) is 3.69. The number of rotatable bonds is 11. The van der Waals surface area contributed by atoms with Crippen molar-refractivity contribution in [3.63, 3.8) is 0 Å². The molecule has 0 saturated carbocycles. The van der Waals surface area contributed by atoms with Crippen LogP contribution in [0, 0.1) is 17.8 Å². The summed E-state index contributed by atoms with van der Waals surface area (Å²) >= 11 is 0. The number of hydrogen-bond acceptors (Lipinski definition) is 2. The zero-order valence-corrected chi connectivity index (χ0v) is 12.4. The number of hydrogen-bond donors (Lipinski definition) is 2. The molecule has 2 unspecified atom stereocenters. The number of carboxylic acid groups (broad SMARTS) is 2. The molecule has 112 valence electrons. The van der Waals surface area contributed by atoms with E-state index in [0.717, 1.165) is 32.1 Å². The van der Waals surface area contributed by atoms with Gasteiger partial charge in [-0.25, -0.2) is 0 Å². The lowest BCUT2D eigenvalue weighted by atomic mass is 9.80. The zero-order chi connectivity index (χ0) is 14.8. The standard InChI is InChI=1S/C15H28O4/c1-4-6-8-11(3)10-12(9-7-5-2)13(14(16)17)15(18)19/h11-13H,4-10H2,1-3H3,(H,16,17)(H,18,19). The van der Waals surface area contributed by atoms with Crippen LogP contribution >= 0.6 is 0 Å². The van der Waals surface area contributed by atoms with Gasteiger partial charge in [0.25, 0.3) is 0 Å². The van der Waals surface area contributed by atoms with Crippen molar-refractivity contribution in [2.75, 3.05) is 0 Å². The minimum absolute atomic E-state index is 0.248. The van der Waals surface area contributed by atoms with Crippen LogP contribution in [-0.2, 0) is 9.59 Å². The van der Waals surface area contributed by atoms with E-state index in [1.54, 1.807) is 0 Å². The van der Waals surface area contributed by atoms with E-state index in [4.69, 9.17) is 10.2 Å². The van der Waals surface area contributed by atoms with Gasteiger partial charge in [-0.05, 0) is 24.7 Å². The molecule has 0 amide bonds. The van der Waals surface area contributed by atoms with Gasteiger partial charge in [-0.1, -0.05) is 52.9 Å². The first-order chi connectivity index (χ1) is 8.93. The normalized spacial score (nSPS) is 14.3. The fourth-order valence-corrected chi connectivity index (χ4v) is 2.58. The Labute approximate surface area is 116 Å². The first kappa shape index (κ1) is 17.9. The summed E-state index contributed by atoms with van der Waals surface area (Å²) < 4.78 is 0. The molecule has 0 aliphatic heterocycles. The lowest BCUT2D eigenvalue weighted by Gasteiger charge is -2.24. The molecule has 0 spiro atoms. The first-order valence-electron chi connectivity index (χ1n) is 7.39. The van der Waals surface area contributed by atoms with Gasteiger partial charge >= 0.3 is 11.9 Å². The Bertz CT molecular complexity index is 261. The molecule has 0 fully saturated rings. The van der Waals surface area contributed by atoms with Gasteiger partial charge in [0.2, 0.25) is 0 Å². The molecule has 0 radical (unpaired) electrons. The maximum Gasteiger partial charge on any atom is 0.318 e. The van der Waals surface area contributed by atoms with Crippen LogP contribution in [0.15, 0.2) is 0 Å². The molecule has 2 N–H and O–H groups in total. The van der Waals surface area contributed by atoms with Crippen LogP contribution in [0.5, 0.6) is 0 Å². The second kappa shape index (κ2) is 9.82. The molecular weight excluding hydrogens is 244 g/mol. The van der Waals surface area contributed by atoms with Crippen molar-refractivity contribution in [2.45, 2.75) is 65.7 Å². The van der Waals surface area contributed by atoms with E-state index in [1.807, 2.05) is 6.92 Å². The van der Waals surface area contributed by atoms with Crippen LogP contribution in [0.1, 0.15) is 65.7 Å². The van der Waals surface area contributed by atoms with Crippen molar-refractivity contribution in [1.82, 2.24) is 0 Å². The Morgan fingerprint density at radius 3 is 1.84 bits per heavy atom. The van der Waals surface area contributed by atoms with Crippen molar-refractivity contribution in [3.05, 3.63) is 0 Å². The highest BCUT2D eigenvalue weighted by molar-refractivity contribution is 5.93. The van der Waals surface area contributed by atoms with E-state index in [2.05, 4.69) is 13.8 Å². The van der Waals surface area contributed by atoms with Crippen molar-refractivity contribution in [1.29, 1.82) is 0 Å². The van der Waals surface area contributed by atoms with E-state index in [-0.39, 0.29) is 5.92 Å². The van der Waals surface area contributed by atoms with Crippen molar-refractivity contribution >= 4 is 11.9 Å².